The first kappa shape index (κ1) is 33.4. The summed E-state index contributed by atoms with van der Waals surface area (Å²) in [5.41, 5.74) is 9.90. The molecule has 10 aromatic rings. The van der Waals surface area contributed by atoms with Gasteiger partial charge in [-0.05, 0) is 68.9 Å². The Labute approximate surface area is 364 Å². The van der Waals surface area contributed by atoms with Gasteiger partial charge in [-0.1, -0.05) is 148 Å². The van der Waals surface area contributed by atoms with E-state index < -0.39 is 0 Å². The number of ether oxygens (including phenoxy) is 1. The van der Waals surface area contributed by atoms with E-state index >= 15 is 0 Å². The predicted octanol–water partition coefficient (Wildman–Crippen LogP) is 12.5. The van der Waals surface area contributed by atoms with Crippen molar-refractivity contribution in [1.82, 2.24) is 14.1 Å². The zero-order chi connectivity index (χ0) is 42.7. The Morgan fingerprint density at radius 1 is 0.678 bits per heavy atom. The third-order valence-electron chi connectivity index (χ3n) is 10.3. The smallest absolute Gasteiger partial charge is 0.268 e. The van der Waals surface area contributed by atoms with Gasteiger partial charge in [-0.3, -0.25) is 4.57 Å². The SMILES string of the molecule is [2H]c1c([2H])c([2H])c2c(c1[2H])c1ccc(Oc3[c-]c(-n4[c-][n+](-c5c(-c6ccccc6)cccc5-c5ccccc5)c5ccccc54)ccc3)[c-]c1n2-c1cc(CC(C)(C)C)ccn1.[Pt]. The van der Waals surface area contributed by atoms with Gasteiger partial charge in [-0.15, -0.1) is 29.7 Å². The van der Waals surface area contributed by atoms with Crippen molar-refractivity contribution >= 4 is 32.8 Å². The van der Waals surface area contributed by atoms with E-state index in [-0.39, 0.29) is 50.6 Å². The van der Waals surface area contributed by atoms with E-state index in [0.29, 0.717) is 39.1 Å². The molecule has 0 spiro atoms. The second-order valence-corrected chi connectivity index (χ2v) is 15.6. The second-order valence-electron chi connectivity index (χ2n) is 15.6. The number of aromatic nitrogens is 4. The largest absolute Gasteiger partial charge is 0.510 e. The van der Waals surface area contributed by atoms with Crippen molar-refractivity contribution in [2.45, 2.75) is 27.2 Å². The minimum absolute atomic E-state index is 0. The van der Waals surface area contributed by atoms with Crippen molar-refractivity contribution in [2.24, 2.45) is 5.41 Å². The fraction of sp³-hybridized carbons (Fsp3) is 0.0943. The first-order chi connectivity index (χ1) is 30.0. The molecule has 10 rings (SSSR count). The summed E-state index contributed by atoms with van der Waals surface area (Å²) in [5.74, 6) is 1.37. The number of nitrogens with zero attached hydrogens (tertiary/aromatic N) is 4. The van der Waals surface area contributed by atoms with Crippen molar-refractivity contribution in [3.63, 3.8) is 0 Å². The van der Waals surface area contributed by atoms with E-state index in [1.165, 1.54) is 0 Å². The van der Waals surface area contributed by atoms with Crippen LogP contribution in [0.5, 0.6) is 11.5 Å². The second kappa shape index (κ2) is 15.7. The first-order valence-corrected chi connectivity index (χ1v) is 19.4. The summed E-state index contributed by atoms with van der Waals surface area (Å²) in [4.78, 5) is 4.72. The van der Waals surface area contributed by atoms with Gasteiger partial charge in [-0.2, -0.15) is 18.2 Å². The molecule has 0 unspecified atom stereocenters. The maximum atomic E-state index is 9.01. The standard InChI is InChI=1S/C53H40N4O.Pt/c1-53(2,3)35-37-30-31-54-51(32-37)57-47-25-11-10-22-45(47)46-29-28-42(34-50(46)57)58-41-21-14-20-40(33-41)55-36-56(49-27-13-12-26-48(49)55)52-43(38-16-6-4-7-17-38)23-15-24-44(52)39-18-8-5-9-19-39;/h4-32H,35H2,1-3H3;/q-2;/i10D,11D,22D,25D;. The normalized spacial score (nSPS) is 12.5. The number of hydrogen-bond donors (Lipinski definition) is 0. The van der Waals surface area contributed by atoms with E-state index in [1.807, 2.05) is 65.2 Å². The molecule has 6 heteroatoms. The van der Waals surface area contributed by atoms with E-state index in [4.69, 9.17) is 15.2 Å². The summed E-state index contributed by atoms with van der Waals surface area (Å²) in [6.45, 7) is 6.53. The Morgan fingerprint density at radius 2 is 1.36 bits per heavy atom. The summed E-state index contributed by atoms with van der Waals surface area (Å²) in [6.07, 6.45) is 6.24. The monoisotopic (exact) mass is 947 g/mol. The van der Waals surface area contributed by atoms with Gasteiger partial charge in [0.05, 0.1) is 22.2 Å². The van der Waals surface area contributed by atoms with Gasteiger partial charge in [0, 0.05) is 44.3 Å². The average molecular weight is 948 g/mol. The number of hydrogen-bond acceptors (Lipinski definition) is 2. The molecule has 0 bridgehead atoms. The van der Waals surface area contributed by atoms with Gasteiger partial charge in [0.2, 0.25) is 0 Å². The Morgan fingerprint density at radius 3 is 2.10 bits per heavy atom. The van der Waals surface area contributed by atoms with Crippen molar-refractivity contribution in [2.75, 3.05) is 0 Å². The van der Waals surface area contributed by atoms with Crippen LogP contribution in [-0.4, -0.2) is 14.1 Å². The van der Waals surface area contributed by atoms with Crippen LogP contribution in [0.1, 0.15) is 31.8 Å². The van der Waals surface area contributed by atoms with E-state index in [2.05, 4.69) is 123 Å². The third-order valence-corrected chi connectivity index (χ3v) is 10.3. The summed E-state index contributed by atoms with van der Waals surface area (Å²) in [7, 11) is 0. The molecule has 0 atom stereocenters. The minimum atomic E-state index is -0.309. The summed E-state index contributed by atoms with van der Waals surface area (Å²) < 4.78 is 47.5. The van der Waals surface area contributed by atoms with E-state index in [1.54, 1.807) is 16.8 Å². The molecule has 0 N–H and O–H groups in total. The van der Waals surface area contributed by atoms with Crippen LogP contribution in [0.15, 0.2) is 176 Å². The molecule has 0 radical (unpaired) electrons. The molecule has 59 heavy (non-hydrogen) atoms. The Bertz CT molecular complexity index is 3280. The van der Waals surface area contributed by atoms with Crippen LogP contribution < -0.4 is 9.30 Å². The molecule has 3 heterocycles. The van der Waals surface area contributed by atoms with Gasteiger partial charge in [0.15, 0.2) is 0 Å². The van der Waals surface area contributed by atoms with Crippen molar-refractivity contribution in [1.29, 1.82) is 0 Å². The van der Waals surface area contributed by atoms with E-state index in [9.17, 15) is 0 Å². The van der Waals surface area contributed by atoms with Crippen molar-refractivity contribution < 1.29 is 35.9 Å². The van der Waals surface area contributed by atoms with E-state index in [0.717, 1.165) is 56.6 Å². The average Bonchev–Trinajstić information content (AvgIpc) is 3.84. The predicted molar refractivity (Wildman–Crippen MR) is 234 cm³/mol. The van der Waals surface area contributed by atoms with Crippen LogP contribution >= 0.6 is 0 Å². The van der Waals surface area contributed by atoms with Crippen LogP contribution in [0.4, 0.5) is 0 Å². The van der Waals surface area contributed by atoms with Gasteiger partial charge in [0.25, 0.3) is 6.33 Å². The van der Waals surface area contributed by atoms with Crippen LogP contribution in [0.3, 0.4) is 0 Å². The number of rotatable bonds is 8. The molecule has 5 nitrogen and oxygen atoms in total. The molecule has 290 valence electrons. The van der Waals surface area contributed by atoms with Crippen molar-refractivity contribution in [3.05, 3.63) is 200 Å². The number of imidazole rings is 1. The maximum Gasteiger partial charge on any atom is 0.268 e. The number of para-hydroxylation sites is 4. The number of fused-ring (bicyclic) bond motifs is 4. The Hall–Kier alpha value is -6.55. The molecule has 0 aliphatic carbocycles. The van der Waals surface area contributed by atoms with Gasteiger partial charge in [0.1, 0.15) is 5.82 Å². The fourth-order valence-corrected chi connectivity index (χ4v) is 7.85. The first-order valence-electron chi connectivity index (χ1n) is 21.4. The zero-order valence-corrected chi connectivity index (χ0v) is 34.9. The zero-order valence-electron chi connectivity index (χ0n) is 36.7. The summed E-state index contributed by atoms with van der Waals surface area (Å²) >= 11 is 0. The molecular weight excluding hydrogens is 904 g/mol. The minimum Gasteiger partial charge on any atom is -0.510 e. The molecule has 0 fully saturated rings. The molecule has 7 aromatic carbocycles. The molecule has 0 saturated carbocycles. The topological polar surface area (TPSA) is 35.9 Å². The summed E-state index contributed by atoms with van der Waals surface area (Å²) in [6, 6.07) is 54.8. The quantitative estimate of drug-likeness (QED) is 0.112. The fourth-order valence-electron chi connectivity index (χ4n) is 7.85. The molecule has 0 aliphatic heterocycles. The van der Waals surface area contributed by atoms with Gasteiger partial charge >= 0.3 is 0 Å². The molecule has 0 saturated heterocycles. The van der Waals surface area contributed by atoms with Crippen LogP contribution in [0.25, 0.3) is 72.3 Å². The van der Waals surface area contributed by atoms with Gasteiger partial charge < -0.3 is 13.9 Å². The molecular formula is C53H40N4OPt-2. The van der Waals surface area contributed by atoms with Crippen LogP contribution in [0, 0.1) is 23.9 Å². The van der Waals surface area contributed by atoms with Gasteiger partial charge in [-0.25, -0.2) is 4.98 Å². The number of benzene rings is 7. The molecule has 3 aromatic heterocycles. The third kappa shape index (κ3) is 7.28. The Kier molecular flexibility index (Phi) is 8.87. The molecule has 0 amide bonds. The summed E-state index contributed by atoms with van der Waals surface area (Å²) in [5, 5.41) is 1.02. The number of pyridine rings is 1. The van der Waals surface area contributed by atoms with Crippen LogP contribution in [-0.2, 0) is 27.5 Å². The molecule has 0 aliphatic rings. The van der Waals surface area contributed by atoms with Crippen molar-refractivity contribution in [3.8, 4) is 50.9 Å². The maximum absolute atomic E-state index is 9.01. The Balaban J connectivity index is 0.00000504. The van der Waals surface area contributed by atoms with Crippen LogP contribution in [0.2, 0.25) is 0 Å².